The molecule has 1 aromatic carbocycles. The molecular formula is C13H12INO. The summed E-state index contributed by atoms with van der Waals surface area (Å²) in [6.45, 7) is 0. The number of aliphatic hydroxyl groups is 1. The molecule has 2 aromatic rings. The normalized spacial score (nSPS) is 12.4. The summed E-state index contributed by atoms with van der Waals surface area (Å²) in [5.41, 5.74) is 2.00. The van der Waals surface area contributed by atoms with Gasteiger partial charge in [-0.05, 0) is 51.9 Å². The van der Waals surface area contributed by atoms with E-state index in [2.05, 4.69) is 27.6 Å². The number of rotatable bonds is 3. The van der Waals surface area contributed by atoms with Crippen molar-refractivity contribution in [1.29, 1.82) is 0 Å². The molecule has 82 valence electrons. The zero-order valence-corrected chi connectivity index (χ0v) is 10.8. The molecule has 16 heavy (non-hydrogen) atoms. The van der Waals surface area contributed by atoms with Gasteiger partial charge in [0.25, 0.3) is 0 Å². The van der Waals surface area contributed by atoms with Crippen LogP contribution in [0, 0.1) is 3.57 Å². The molecule has 1 heterocycles. The highest BCUT2D eigenvalue weighted by molar-refractivity contribution is 14.1. The second-order valence-corrected chi connectivity index (χ2v) is 4.88. The minimum Gasteiger partial charge on any atom is -0.388 e. The molecule has 0 fully saturated rings. The van der Waals surface area contributed by atoms with Crippen LogP contribution in [-0.2, 0) is 6.42 Å². The molecule has 0 aliphatic carbocycles. The van der Waals surface area contributed by atoms with E-state index in [0.29, 0.717) is 6.42 Å². The summed E-state index contributed by atoms with van der Waals surface area (Å²) in [6, 6.07) is 11.8. The first-order valence-corrected chi connectivity index (χ1v) is 6.16. The van der Waals surface area contributed by atoms with Crippen molar-refractivity contribution in [2.24, 2.45) is 0 Å². The summed E-state index contributed by atoms with van der Waals surface area (Å²) >= 11 is 2.25. The fourth-order valence-electron chi connectivity index (χ4n) is 1.57. The third kappa shape index (κ3) is 3.02. The molecule has 0 spiro atoms. The van der Waals surface area contributed by atoms with Crippen LogP contribution in [-0.4, -0.2) is 10.1 Å². The van der Waals surface area contributed by atoms with Gasteiger partial charge in [0, 0.05) is 22.4 Å². The van der Waals surface area contributed by atoms with Crippen LogP contribution in [0.4, 0.5) is 0 Å². The van der Waals surface area contributed by atoms with Crippen LogP contribution in [0.5, 0.6) is 0 Å². The van der Waals surface area contributed by atoms with Crippen LogP contribution in [0.25, 0.3) is 0 Å². The Bertz CT molecular complexity index is 458. The summed E-state index contributed by atoms with van der Waals surface area (Å²) in [4.78, 5) is 4.04. The van der Waals surface area contributed by atoms with Crippen molar-refractivity contribution in [2.75, 3.05) is 0 Å². The molecule has 0 saturated heterocycles. The van der Waals surface area contributed by atoms with Gasteiger partial charge in [0.1, 0.15) is 0 Å². The van der Waals surface area contributed by atoms with E-state index in [-0.39, 0.29) is 0 Å². The smallest absolute Gasteiger partial charge is 0.0831 e. The predicted molar refractivity (Wildman–Crippen MR) is 72.1 cm³/mol. The Balaban J connectivity index is 2.12. The Kier molecular flexibility index (Phi) is 3.90. The molecule has 0 bridgehead atoms. The number of halogens is 1. The Hall–Kier alpha value is -0.940. The molecule has 0 aliphatic heterocycles. The van der Waals surface area contributed by atoms with E-state index in [1.807, 2.05) is 36.4 Å². The minimum absolute atomic E-state index is 0.459. The van der Waals surface area contributed by atoms with Crippen molar-refractivity contribution in [3.05, 3.63) is 63.5 Å². The number of hydrogen-bond acceptors (Lipinski definition) is 2. The fraction of sp³-hybridized carbons (Fsp3) is 0.154. The van der Waals surface area contributed by atoms with Gasteiger partial charge in [-0.3, -0.25) is 4.98 Å². The van der Waals surface area contributed by atoms with E-state index in [4.69, 9.17) is 0 Å². The lowest BCUT2D eigenvalue weighted by atomic mass is 10.0. The first-order chi connectivity index (χ1) is 7.75. The number of aromatic nitrogens is 1. The highest BCUT2D eigenvalue weighted by Gasteiger charge is 2.08. The van der Waals surface area contributed by atoms with Gasteiger partial charge >= 0.3 is 0 Å². The molecule has 3 heteroatoms. The SMILES string of the molecule is OC(Cc1cccnc1)c1cccc(I)c1. The third-order valence-electron chi connectivity index (χ3n) is 2.39. The molecule has 1 aromatic heterocycles. The summed E-state index contributed by atoms with van der Waals surface area (Å²) in [5.74, 6) is 0. The van der Waals surface area contributed by atoms with E-state index in [9.17, 15) is 5.11 Å². The lowest BCUT2D eigenvalue weighted by Gasteiger charge is -2.10. The van der Waals surface area contributed by atoms with E-state index in [0.717, 1.165) is 14.7 Å². The first-order valence-electron chi connectivity index (χ1n) is 5.08. The summed E-state index contributed by atoms with van der Waals surface area (Å²) < 4.78 is 1.14. The van der Waals surface area contributed by atoms with Crippen LogP contribution in [0.3, 0.4) is 0 Å². The number of nitrogens with zero attached hydrogens (tertiary/aromatic N) is 1. The second-order valence-electron chi connectivity index (χ2n) is 3.64. The van der Waals surface area contributed by atoms with Gasteiger partial charge in [-0.2, -0.15) is 0 Å². The van der Waals surface area contributed by atoms with Gasteiger partial charge < -0.3 is 5.11 Å². The van der Waals surface area contributed by atoms with E-state index in [1.165, 1.54) is 0 Å². The fourth-order valence-corrected chi connectivity index (χ4v) is 2.14. The summed E-state index contributed by atoms with van der Waals surface area (Å²) in [5, 5.41) is 10.1. The lowest BCUT2D eigenvalue weighted by molar-refractivity contribution is 0.178. The third-order valence-corrected chi connectivity index (χ3v) is 3.06. The van der Waals surface area contributed by atoms with Crippen LogP contribution < -0.4 is 0 Å². The molecule has 1 unspecified atom stereocenters. The molecule has 0 amide bonds. The van der Waals surface area contributed by atoms with E-state index in [1.54, 1.807) is 12.4 Å². The molecule has 0 aliphatic rings. The van der Waals surface area contributed by atoms with Gasteiger partial charge in [-0.15, -0.1) is 0 Å². The quantitative estimate of drug-likeness (QED) is 0.880. The number of pyridine rings is 1. The van der Waals surface area contributed by atoms with Crippen LogP contribution in [0.15, 0.2) is 48.8 Å². The van der Waals surface area contributed by atoms with Gasteiger partial charge in [-0.25, -0.2) is 0 Å². The largest absolute Gasteiger partial charge is 0.388 e. The topological polar surface area (TPSA) is 33.1 Å². The summed E-state index contributed by atoms with van der Waals surface area (Å²) in [7, 11) is 0. The number of aliphatic hydroxyl groups excluding tert-OH is 1. The molecule has 0 saturated carbocycles. The number of benzene rings is 1. The molecule has 1 N–H and O–H groups in total. The molecular weight excluding hydrogens is 313 g/mol. The van der Waals surface area contributed by atoms with Gasteiger partial charge in [-0.1, -0.05) is 18.2 Å². The van der Waals surface area contributed by atoms with Crippen molar-refractivity contribution in [1.82, 2.24) is 4.98 Å². The van der Waals surface area contributed by atoms with Crippen molar-refractivity contribution in [3.63, 3.8) is 0 Å². The average Bonchev–Trinajstić information content (AvgIpc) is 2.30. The van der Waals surface area contributed by atoms with Crippen molar-refractivity contribution < 1.29 is 5.11 Å². The maximum Gasteiger partial charge on any atom is 0.0831 e. The Morgan fingerprint density at radius 1 is 1.25 bits per heavy atom. The van der Waals surface area contributed by atoms with Crippen molar-refractivity contribution in [2.45, 2.75) is 12.5 Å². The van der Waals surface area contributed by atoms with Gasteiger partial charge in [0.15, 0.2) is 0 Å². The van der Waals surface area contributed by atoms with E-state index >= 15 is 0 Å². The Morgan fingerprint density at radius 3 is 2.81 bits per heavy atom. The Labute approximate surface area is 108 Å². The Morgan fingerprint density at radius 2 is 2.12 bits per heavy atom. The maximum absolute atomic E-state index is 10.1. The van der Waals surface area contributed by atoms with Crippen LogP contribution in [0.1, 0.15) is 17.2 Å². The lowest BCUT2D eigenvalue weighted by Crippen LogP contribution is -2.02. The maximum atomic E-state index is 10.1. The molecule has 2 rings (SSSR count). The zero-order valence-electron chi connectivity index (χ0n) is 8.68. The van der Waals surface area contributed by atoms with Crippen LogP contribution >= 0.6 is 22.6 Å². The van der Waals surface area contributed by atoms with Gasteiger partial charge in [0.2, 0.25) is 0 Å². The van der Waals surface area contributed by atoms with E-state index < -0.39 is 6.10 Å². The standard InChI is InChI=1S/C13H12INO/c14-12-5-1-4-11(8-12)13(16)7-10-3-2-6-15-9-10/h1-6,8-9,13,16H,7H2. The second kappa shape index (κ2) is 5.41. The van der Waals surface area contributed by atoms with Crippen molar-refractivity contribution >= 4 is 22.6 Å². The highest BCUT2D eigenvalue weighted by atomic mass is 127. The zero-order chi connectivity index (χ0) is 11.4. The van der Waals surface area contributed by atoms with Crippen LogP contribution in [0.2, 0.25) is 0 Å². The first kappa shape index (κ1) is 11.5. The molecule has 0 radical (unpaired) electrons. The van der Waals surface area contributed by atoms with Crippen molar-refractivity contribution in [3.8, 4) is 0 Å². The average molecular weight is 325 g/mol. The molecule has 2 nitrogen and oxygen atoms in total. The highest BCUT2D eigenvalue weighted by Crippen LogP contribution is 2.19. The number of hydrogen-bond donors (Lipinski definition) is 1. The minimum atomic E-state index is -0.459. The van der Waals surface area contributed by atoms with Gasteiger partial charge in [0.05, 0.1) is 6.10 Å². The predicted octanol–water partition coefficient (Wildman–Crippen LogP) is 2.96. The summed E-state index contributed by atoms with van der Waals surface area (Å²) in [6.07, 6.45) is 3.67. The monoisotopic (exact) mass is 325 g/mol. The molecule has 1 atom stereocenters.